The van der Waals surface area contributed by atoms with E-state index in [1.54, 1.807) is 40.1 Å². The quantitative estimate of drug-likeness (QED) is 0.0928. The summed E-state index contributed by atoms with van der Waals surface area (Å²) in [6.07, 6.45) is 1.84. The minimum Gasteiger partial charge on any atom is -0.447 e. The highest BCUT2D eigenvalue weighted by atomic mass is 19.1. The van der Waals surface area contributed by atoms with Crippen LogP contribution >= 0.6 is 0 Å². The van der Waals surface area contributed by atoms with Crippen molar-refractivity contribution < 1.29 is 37.4 Å². The van der Waals surface area contributed by atoms with Gasteiger partial charge in [0.05, 0.1) is 35.9 Å². The molecule has 2 aromatic carbocycles. The fraction of sp³-hybridized carbons (Fsp3) is 0.500. The van der Waals surface area contributed by atoms with E-state index in [0.29, 0.717) is 11.6 Å². The van der Waals surface area contributed by atoms with Crippen LogP contribution in [0.5, 0.6) is 0 Å². The van der Waals surface area contributed by atoms with Crippen molar-refractivity contribution >= 4 is 24.0 Å². The van der Waals surface area contributed by atoms with Crippen molar-refractivity contribution in [3.63, 3.8) is 0 Å². The minimum atomic E-state index is -1.30. The fourth-order valence-electron chi connectivity index (χ4n) is 6.16. The smallest absolute Gasteiger partial charge is 0.410 e. The van der Waals surface area contributed by atoms with Gasteiger partial charge in [0.15, 0.2) is 0 Å². The number of nitrogens with zero attached hydrogens (tertiary/aromatic N) is 4. The Hall–Kier alpha value is -5.80. The summed E-state index contributed by atoms with van der Waals surface area (Å²) in [6, 6.07) is 14.9. The highest BCUT2D eigenvalue weighted by molar-refractivity contribution is 5.90. The lowest BCUT2D eigenvalue weighted by molar-refractivity contribution is -0.132. The number of nitrogens with one attached hydrogen (secondary N) is 4. The third-order valence-electron chi connectivity index (χ3n) is 10.7. The van der Waals surface area contributed by atoms with Gasteiger partial charge in [-0.05, 0) is 60.8 Å². The van der Waals surface area contributed by atoms with E-state index in [9.17, 15) is 28.0 Å². The van der Waals surface area contributed by atoms with Crippen molar-refractivity contribution in [2.75, 3.05) is 40.7 Å². The summed E-state index contributed by atoms with van der Waals surface area (Å²) in [6.45, 7) is 15.8. The van der Waals surface area contributed by atoms with Crippen LogP contribution in [0.15, 0.2) is 60.9 Å². The maximum absolute atomic E-state index is 13.5. The van der Waals surface area contributed by atoms with Gasteiger partial charge in [0.2, 0.25) is 11.8 Å². The first-order valence-corrected chi connectivity index (χ1v) is 19.8. The molecule has 2 aromatic heterocycles. The summed E-state index contributed by atoms with van der Waals surface area (Å²) in [5.41, 5.74) is 1.75. The number of carbonyl (C=O) groups is 4. The number of hydrogen-bond acceptors (Lipinski definition) is 8. The Morgan fingerprint density at radius 2 is 0.883 bits per heavy atom. The van der Waals surface area contributed by atoms with Gasteiger partial charge in [-0.25, -0.2) is 28.3 Å². The average molecular weight is 835 g/mol. The van der Waals surface area contributed by atoms with Crippen molar-refractivity contribution in [2.45, 2.75) is 92.4 Å². The molecule has 14 nitrogen and oxygen atoms in total. The highest BCUT2D eigenvalue weighted by Crippen LogP contribution is 2.36. The molecule has 0 bridgehead atoms. The second-order valence-corrected chi connectivity index (χ2v) is 17.9. The molecule has 0 unspecified atom stereocenters. The molecule has 0 aliphatic heterocycles. The van der Waals surface area contributed by atoms with E-state index >= 15 is 0 Å². The van der Waals surface area contributed by atoms with Crippen LogP contribution in [0.3, 0.4) is 0 Å². The lowest BCUT2D eigenvalue weighted by atomic mass is 9.85. The zero-order valence-electron chi connectivity index (χ0n) is 36.8. The second-order valence-electron chi connectivity index (χ2n) is 17.9. The SMILES string of the molecule is CN(C(=O)OCCF)C(C)(C)C(=O)N[C@H](c1ncc(-c2ccc(-c3ccc(-c4cnc([C@@H](NC(=O)C(C)(C)N(C)C(=O)OCCF)C(C)(C)C)[nH]4)cc3)cc2)[nH]1)C(C)(C)C. The molecule has 2 heterocycles. The van der Waals surface area contributed by atoms with Crippen molar-refractivity contribution in [3.05, 3.63) is 72.6 Å². The van der Waals surface area contributed by atoms with Gasteiger partial charge in [0.1, 0.15) is 49.3 Å². The summed E-state index contributed by atoms with van der Waals surface area (Å²) >= 11 is 0. The van der Waals surface area contributed by atoms with Crippen LogP contribution in [0.1, 0.15) is 93.0 Å². The molecule has 4 aromatic rings. The van der Waals surface area contributed by atoms with Crippen molar-refractivity contribution in [1.82, 2.24) is 40.4 Å². The van der Waals surface area contributed by atoms with Gasteiger partial charge in [-0.1, -0.05) is 90.1 Å². The monoisotopic (exact) mass is 834 g/mol. The molecule has 60 heavy (non-hydrogen) atoms. The van der Waals surface area contributed by atoms with E-state index in [1.165, 1.54) is 14.1 Å². The van der Waals surface area contributed by atoms with Crippen LogP contribution in [0.4, 0.5) is 18.4 Å². The normalized spacial score (nSPS) is 13.2. The zero-order chi connectivity index (χ0) is 44.8. The molecule has 0 aliphatic carbocycles. The third kappa shape index (κ3) is 10.9. The fourth-order valence-corrected chi connectivity index (χ4v) is 6.16. The van der Waals surface area contributed by atoms with Gasteiger partial charge >= 0.3 is 12.2 Å². The predicted molar refractivity (Wildman–Crippen MR) is 226 cm³/mol. The highest BCUT2D eigenvalue weighted by Gasteiger charge is 2.42. The lowest BCUT2D eigenvalue weighted by Crippen LogP contribution is -2.57. The molecule has 0 aliphatic rings. The number of rotatable bonds is 15. The molecule has 4 rings (SSSR count). The molecule has 4 N–H and O–H groups in total. The lowest BCUT2D eigenvalue weighted by Gasteiger charge is -2.37. The first-order valence-electron chi connectivity index (χ1n) is 19.8. The Kier molecular flexibility index (Phi) is 14.6. The van der Waals surface area contributed by atoms with Crippen LogP contribution in [-0.2, 0) is 19.1 Å². The number of hydrogen-bond donors (Lipinski definition) is 4. The Bertz CT molecular complexity index is 1950. The Morgan fingerprint density at radius 3 is 1.17 bits per heavy atom. The number of halogens is 2. The van der Waals surface area contributed by atoms with E-state index in [4.69, 9.17) is 9.47 Å². The van der Waals surface area contributed by atoms with Gasteiger partial charge < -0.3 is 30.1 Å². The summed E-state index contributed by atoms with van der Waals surface area (Å²) in [4.78, 5) is 70.2. The van der Waals surface area contributed by atoms with Crippen molar-refractivity contribution in [3.8, 4) is 33.6 Å². The van der Waals surface area contributed by atoms with Gasteiger partial charge in [-0.3, -0.25) is 19.4 Å². The summed E-state index contributed by atoms with van der Waals surface area (Å²) in [5.74, 6) is 0.242. The van der Waals surface area contributed by atoms with E-state index < -0.39 is 84.6 Å². The molecule has 4 amide bonds. The Labute approximate surface area is 351 Å². The topological polar surface area (TPSA) is 175 Å². The van der Waals surface area contributed by atoms with Gasteiger partial charge in [-0.2, -0.15) is 0 Å². The average Bonchev–Trinajstić information content (AvgIpc) is 3.89. The molecule has 0 saturated carbocycles. The number of H-pyrrole nitrogens is 2. The number of imidazole rings is 2. The summed E-state index contributed by atoms with van der Waals surface area (Å²) in [5, 5.41) is 6.10. The largest absolute Gasteiger partial charge is 0.447 e. The molecule has 2 atom stereocenters. The van der Waals surface area contributed by atoms with E-state index in [2.05, 4.69) is 30.6 Å². The number of amides is 4. The molecule has 16 heteroatoms. The summed E-state index contributed by atoms with van der Waals surface area (Å²) in [7, 11) is 2.87. The van der Waals surface area contributed by atoms with E-state index in [-0.39, 0.29) is 0 Å². The van der Waals surface area contributed by atoms with Gasteiger partial charge in [0, 0.05) is 14.1 Å². The number of ether oxygens (including phenoxy) is 2. The van der Waals surface area contributed by atoms with Crippen LogP contribution in [0, 0.1) is 10.8 Å². The van der Waals surface area contributed by atoms with Crippen molar-refractivity contribution in [2.24, 2.45) is 10.8 Å². The number of aromatic amines is 2. The van der Waals surface area contributed by atoms with Crippen LogP contribution in [0.2, 0.25) is 0 Å². The first-order chi connectivity index (χ1) is 27.9. The zero-order valence-corrected chi connectivity index (χ0v) is 36.8. The maximum atomic E-state index is 13.5. The Morgan fingerprint density at radius 1 is 0.583 bits per heavy atom. The molecule has 326 valence electrons. The van der Waals surface area contributed by atoms with Crippen LogP contribution in [0.25, 0.3) is 33.6 Å². The number of benzene rings is 2. The van der Waals surface area contributed by atoms with Crippen molar-refractivity contribution in [1.29, 1.82) is 0 Å². The first kappa shape index (κ1) is 46.9. The molecule has 0 spiro atoms. The molecular weight excluding hydrogens is 775 g/mol. The van der Waals surface area contributed by atoms with Crippen LogP contribution < -0.4 is 10.6 Å². The molecule has 0 radical (unpaired) electrons. The second kappa shape index (κ2) is 18.6. The Balaban J connectivity index is 1.47. The standard InChI is InChI=1S/C44H60F2N8O6/c1-41(2,3)33(51-37(55)43(7,8)53(11)39(57)59-23-21-45)35-47-25-31(49-35)29-17-13-27(14-18-29)28-15-19-30(20-16-28)32-26-48-36(50-32)34(42(4,5)6)52-38(56)44(9,10)54(12)40(58)60-24-22-46/h13-20,25-26,33-34H,21-24H2,1-12H3,(H,47,49)(H,48,50)(H,51,55)(H,52,56)/t33-,34-/m1/s1. The molecular formula is C44H60F2N8O6. The minimum absolute atomic E-state index is 0.390. The third-order valence-corrected chi connectivity index (χ3v) is 10.7. The number of likely N-dealkylation sites (N-methyl/N-ethyl adjacent to an activating group) is 2. The molecule has 0 fully saturated rings. The van der Waals surface area contributed by atoms with Gasteiger partial charge in [0.25, 0.3) is 0 Å². The van der Waals surface area contributed by atoms with E-state index in [1.807, 2.05) is 90.1 Å². The van der Waals surface area contributed by atoms with Gasteiger partial charge in [-0.15, -0.1) is 0 Å². The molecule has 0 saturated heterocycles. The summed E-state index contributed by atoms with van der Waals surface area (Å²) < 4.78 is 34.9. The number of alkyl halides is 2. The number of aromatic nitrogens is 4. The van der Waals surface area contributed by atoms with Crippen LogP contribution in [-0.4, -0.2) is 105 Å². The van der Waals surface area contributed by atoms with E-state index in [0.717, 1.165) is 43.4 Å². The maximum Gasteiger partial charge on any atom is 0.410 e. The number of carbonyl (C=O) groups excluding carboxylic acids is 4. The predicted octanol–water partition coefficient (Wildman–Crippen LogP) is 8.17.